The summed E-state index contributed by atoms with van der Waals surface area (Å²) in [6, 6.07) is 58.4. The fourth-order valence-corrected chi connectivity index (χ4v) is 7.92. The van der Waals surface area contributed by atoms with Crippen LogP contribution in [0, 0.1) is 0 Å². The number of hydrogen-bond donors (Lipinski definition) is 0. The maximum atomic E-state index is 2.44. The molecule has 9 rings (SSSR count). The Bertz CT molecular complexity index is 2390. The number of rotatable bonds is 3. The van der Waals surface area contributed by atoms with E-state index < -0.39 is 0 Å². The number of benzene rings is 8. The van der Waals surface area contributed by atoms with Crippen LogP contribution in [0.3, 0.4) is 0 Å². The highest BCUT2D eigenvalue weighted by Crippen LogP contribution is 2.50. The van der Waals surface area contributed by atoms with Crippen molar-refractivity contribution in [2.75, 3.05) is 0 Å². The molecule has 0 saturated heterocycles. The van der Waals surface area contributed by atoms with Gasteiger partial charge in [-0.25, -0.2) is 0 Å². The van der Waals surface area contributed by atoms with Crippen molar-refractivity contribution in [3.05, 3.63) is 169 Å². The summed E-state index contributed by atoms with van der Waals surface area (Å²) < 4.78 is 0. The van der Waals surface area contributed by atoms with E-state index in [2.05, 4.69) is 172 Å². The second kappa shape index (κ2) is 9.78. The normalized spacial score (nSPS) is 13.3. The molecular formula is C45H32. The molecule has 0 amide bonds. The third-order valence-corrected chi connectivity index (χ3v) is 10.0. The zero-order valence-electron chi connectivity index (χ0n) is 25.5. The minimum atomic E-state index is -0.00265. The van der Waals surface area contributed by atoms with Crippen molar-refractivity contribution in [1.82, 2.24) is 0 Å². The first-order valence-corrected chi connectivity index (χ1v) is 15.9. The summed E-state index contributed by atoms with van der Waals surface area (Å²) in [4.78, 5) is 0. The molecule has 1 aliphatic carbocycles. The van der Waals surface area contributed by atoms with Gasteiger partial charge in [-0.15, -0.1) is 0 Å². The third-order valence-electron chi connectivity index (χ3n) is 10.0. The van der Waals surface area contributed by atoms with Crippen LogP contribution in [0.25, 0.3) is 76.8 Å². The Hall–Kier alpha value is -5.46. The van der Waals surface area contributed by atoms with Crippen LogP contribution in [0.15, 0.2) is 158 Å². The van der Waals surface area contributed by atoms with Crippen molar-refractivity contribution < 1.29 is 0 Å². The standard InChI is InChI=1S/C45H32/c1-45(2)41-23-13-12-18-34(41)39-27-30(24-25-42(39)45)32-26-31-16-6-7-17-33(31)40(28-32)44-37-21-10-8-19-35(37)43(29-14-4-3-5-15-29)36-20-9-11-22-38(36)44/h3-28H,1-2H3. The summed E-state index contributed by atoms with van der Waals surface area (Å²) in [6.45, 7) is 4.70. The molecule has 0 nitrogen and oxygen atoms in total. The lowest BCUT2D eigenvalue weighted by Crippen LogP contribution is -2.14. The highest BCUT2D eigenvalue weighted by Gasteiger charge is 2.35. The van der Waals surface area contributed by atoms with Gasteiger partial charge in [0.1, 0.15) is 0 Å². The molecule has 0 N–H and O–H groups in total. The average molecular weight is 573 g/mol. The van der Waals surface area contributed by atoms with Crippen molar-refractivity contribution in [2.24, 2.45) is 0 Å². The minimum Gasteiger partial charge on any atom is -0.0622 e. The van der Waals surface area contributed by atoms with Crippen LogP contribution in [-0.2, 0) is 5.41 Å². The molecule has 212 valence electrons. The summed E-state index contributed by atoms with van der Waals surface area (Å²) in [5.41, 5.74) is 13.1. The fourth-order valence-electron chi connectivity index (χ4n) is 7.92. The second-order valence-corrected chi connectivity index (χ2v) is 12.9. The Kier molecular flexibility index (Phi) is 5.64. The molecule has 8 aromatic rings. The van der Waals surface area contributed by atoms with Gasteiger partial charge in [0.15, 0.2) is 0 Å². The van der Waals surface area contributed by atoms with Gasteiger partial charge in [0.25, 0.3) is 0 Å². The Morgan fingerprint density at radius 3 is 1.58 bits per heavy atom. The number of hydrogen-bond acceptors (Lipinski definition) is 0. The van der Waals surface area contributed by atoms with Gasteiger partial charge in [0.05, 0.1) is 0 Å². The Balaban J connectivity index is 1.35. The van der Waals surface area contributed by atoms with Crippen molar-refractivity contribution in [2.45, 2.75) is 19.3 Å². The Morgan fingerprint density at radius 2 is 0.867 bits per heavy atom. The molecule has 8 aromatic carbocycles. The molecule has 0 bridgehead atoms. The van der Waals surface area contributed by atoms with E-state index in [-0.39, 0.29) is 5.41 Å². The largest absolute Gasteiger partial charge is 0.0622 e. The maximum Gasteiger partial charge on any atom is 0.0158 e. The lowest BCUT2D eigenvalue weighted by atomic mass is 9.82. The van der Waals surface area contributed by atoms with Gasteiger partial charge in [-0.05, 0) is 106 Å². The molecular weight excluding hydrogens is 540 g/mol. The first-order chi connectivity index (χ1) is 22.1. The predicted molar refractivity (Wildman–Crippen MR) is 193 cm³/mol. The van der Waals surface area contributed by atoms with Gasteiger partial charge in [0.2, 0.25) is 0 Å². The highest BCUT2D eigenvalue weighted by atomic mass is 14.4. The average Bonchev–Trinajstić information content (AvgIpc) is 3.32. The Morgan fingerprint density at radius 1 is 0.333 bits per heavy atom. The fraction of sp³-hybridized carbons (Fsp3) is 0.0667. The smallest absolute Gasteiger partial charge is 0.0158 e. The molecule has 1 aliphatic rings. The topological polar surface area (TPSA) is 0 Å². The summed E-state index contributed by atoms with van der Waals surface area (Å²) in [5.74, 6) is 0. The lowest BCUT2D eigenvalue weighted by molar-refractivity contribution is 0.660. The van der Waals surface area contributed by atoms with Gasteiger partial charge in [-0.1, -0.05) is 153 Å². The molecule has 0 atom stereocenters. The van der Waals surface area contributed by atoms with Gasteiger partial charge >= 0.3 is 0 Å². The van der Waals surface area contributed by atoms with E-state index in [0.717, 1.165) is 0 Å². The van der Waals surface area contributed by atoms with Crippen LogP contribution in [0.1, 0.15) is 25.0 Å². The first-order valence-electron chi connectivity index (χ1n) is 15.9. The molecule has 0 spiro atoms. The van der Waals surface area contributed by atoms with E-state index in [4.69, 9.17) is 0 Å². The first kappa shape index (κ1) is 26.0. The van der Waals surface area contributed by atoms with Gasteiger partial charge < -0.3 is 0 Å². The predicted octanol–water partition coefficient (Wildman–Crippen LogP) is 12.5. The molecule has 0 unspecified atom stereocenters. The van der Waals surface area contributed by atoms with Gasteiger partial charge in [-0.2, -0.15) is 0 Å². The van der Waals surface area contributed by atoms with E-state index >= 15 is 0 Å². The van der Waals surface area contributed by atoms with Crippen LogP contribution < -0.4 is 0 Å². The lowest BCUT2D eigenvalue weighted by Gasteiger charge is -2.21. The molecule has 0 heterocycles. The molecule has 0 aromatic heterocycles. The van der Waals surface area contributed by atoms with Crippen LogP contribution in [0.5, 0.6) is 0 Å². The highest BCUT2D eigenvalue weighted by molar-refractivity contribution is 6.23. The van der Waals surface area contributed by atoms with E-state index in [1.54, 1.807) is 0 Å². The van der Waals surface area contributed by atoms with Crippen LogP contribution in [-0.4, -0.2) is 0 Å². The summed E-state index contributed by atoms with van der Waals surface area (Å²) in [6.07, 6.45) is 0. The van der Waals surface area contributed by atoms with E-state index in [0.29, 0.717) is 0 Å². The summed E-state index contributed by atoms with van der Waals surface area (Å²) in [7, 11) is 0. The monoisotopic (exact) mass is 572 g/mol. The Labute approximate surface area is 264 Å². The molecule has 45 heavy (non-hydrogen) atoms. The van der Waals surface area contributed by atoms with Crippen molar-refractivity contribution in [1.29, 1.82) is 0 Å². The van der Waals surface area contributed by atoms with Crippen LogP contribution >= 0.6 is 0 Å². The van der Waals surface area contributed by atoms with E-state index in [9.17, 15) is 0 Å². The maximum absolute atomic E-state index is 2.44. The summed E-state index contributed by atoms with van der Waals surface area (Å²) in [5, 5.41) is 7.65. The third kappa shape index (κ3) is 3.85. The van der Waals surface area contributed by atoms with Crippen molar-refractivity contribution >= 4 is 32.3 Å². The van der Waals surface area contributed by atoms with E-state index in [1.807, 2.05) is 0 Å². The minimum absolute atomic E-state index is 0.00265. The molecule has 0 radical (unpaired) electrons. The van der Waals surface area contributed by atoms with Crippen LogP contribution in [0.4, 0.5) is 0 Å². The second-order valence-electron chi connectivity index (χ2n) is 12.9. The summed E-state index contributed by atoms with van der Waals surface area (Å²) >= 11 is 0. The van der Waals surface area contributed by atoms with Gasteiger partial charge in [-0.3, -0.25) is 0 Å². The zero-order valence-corrected chi connectivity index (χ0v) is 25.5. The van der Waals surface area contributed by atoms with E-state index in [1.165, 1.54) is 88.0 Å². The van der Waals surface area contributed by atoms with Gasteiger partial charge in [0, 0.05) is 5.41 Å². The quantitative estimate of drug-likeness (QED) is 0.185. The molecule has 0 saturated carbocycles. The van der Waals surface area contributed by atoms with Crippen LogP contribution in [0.2, 0.25) is 0 Å². The zero-order chi connectivity index (χ0) is 30.1. The number of fused-ring (bicyclic) bond motifs is 6. The van der Waals surface area contributed by atoms with Crippen molar-refractivity contribution in [3.63, 3.8) is 0 Å². The molecule has 0 fully saturated rings. The molecule has 0 aliphatic heterocycles. The molecule has 0 heteroatoms. The SMILES string of the molecule is CC1(C)c2ccccc2-c2cc(-c3cc(-c4c5ccccc5c(-c5ccccc5)c5ccccc45)c4ccccc4c3)ccc21. The van der Waals surface area contributed by atoms with Crippen molar-refractivity contribution in [3.8, 4) is 44.5 Å².